The molecular formula is C68H92O4P2. The minimum Gasteiger partial charge on any atom is -0.435 e. The van der Waals surface area contributed by atoms with Gasteiger partial charge in [-0.25, -0.2) is 0 Å². The molecule has 0 saturated carbocycles. The molecule has 0 aromatic heterocycles. The average molecular weight is 1040 g/mol. The number of benzene rings is 6. The van der Waals surface area contributed by atoms with E-state index in [2.05, 4.69) is 177 Å². The van der Waals surface area contributed by atoms with Gasteiger partial charge in [-0.1, -0.05) is 204 Å². The van der Waals surface area contributed by atoms with Gasteiger partial charge in [-0.15, -0.1) is 0 Å². The highest BCUT2D eigenvalue weighted by molar-refractivity contribution is 7.57. The Hall–Kier alpha value is -4.62. The van der Waals surface area contributed by atoms with E-state index >= 15 is 0 Å². The molecule has 74 heavy (non-hydrogen) atoms. The van der Waals surface area contributed by atoms with E-state index in [9.17, 15) is 0 Å². The van der Waals surface area contributed by atoms with Crippen LogP contribution < -0.4 is 28.7 Å². The Morgan fingerprint density at radius 2 is 0.419 bits per heavy atom. The van der Waals surface area contributed by atoms with E-state index in [0.29, 0.717) is 0 Å². The second-order valence-electron chi connectivity index (χ2n) is 20.4. The summed E-state index contributed by atoms with van der Waals surface area (Å²) < 4.78 is 29.6. The zero-order valence-corrected chi connectivity index (χ0v) is 48.8. The van der Waals surface area contributed by atoms with Crippen molar-refractivity contribution in [3.63, 3.8) is 0 Å². The van der Waals surface area contributed by atoms with Crippen molar-refractivity contribution in [2.45, 2.75) is 209 Å². The van der Waals surface area contributed by atoms with Gasteiger partial charge in [-0.05, 0) is 183 Å². The number of rotatable bonds is 35. The number of unbranched alkanes of at least 4 members (excludes halogenated alkanes) is 8. The Bertz CT molecular complexity index is 2120. The van der Waals surface area contributed by atoms with Crippen molar-refractivity contribution >= 4 is 27.4 Å². The smallest absolute Gasteiger partial charge is 0.326 e. The van der Waals surface area contributed by atoms with E-state index in [1.165, 1.54) is 44.5 Å². The van der Waals surface area contributed by atoms with Gasteiger partial charge in [-0.2, -0.15) is 0 Å². The zero-order chi connectivity index (χ0) is 52.3. The molecule has 6 rings (SSSR count). The lowest BCUT2D eigenvalue weighted by Crippen LogP contribution is -2.14. The standard InChI is InChI=1S/C68H92O4P2/c1-9-17-29-55-37-25-38-56(30-18-10-2)65(55)69-73(70-66-57(31-19-11-3)39-26-40-58(66)32-20-12-4)63-49-45-53(46-50-63)54-47-51-64(52-48-54)74(71-67-59(33-21-13-5)41-27-42-60(67)34-22-14-6)72-68-61(35-23-15-7)43-28-44-62(68)36-24-16-8/h25-28,37-52H,9-24,29-36H2,1-8H3. The minimum atomic E-state index is -1.54. The van der Waals surface area contributed by atoms with Crippen molar-refractivity contribution < 1.29 is 18.1 Å². The second-order valence-corrected chi connectivity index (χ2v) is 23.2. The first kappa shape index (κ1) is 58.6. The van der Waals surface area contributed by atoms with E-state index in [1.54, 1.807) is 0 Å². The number of hydrogen-bond acceptors (Lipinski definition) is 4. The molecule has 0 saturated heterocycles. The third kappa shape index (κ3) is 17.2. The highest BCUT2D eigenvalue weighted by atomic mass is 31.2. The van der Waals surface area contributed by atoms with Crippen molar-refractivity contribution in [1.82, 2.24) is 0 Å². The molecule has 0 spiro atoms. The summed E-state index contributed by atoms with van der Waals surface area (Å²) in [5, 5.41) is 2.15. The van der Waals surface area contributed by atoms with Crippen LogP contribution in [0.1, 0.15) is 203 Å². The van der Waals surface area contributed by atoms with Crippen LogP contribution in [0.25, 0.3) is 11.1 Å². The van der Waals surface area contributed by atoms with Crippen LogP contribution in [0.15, 0.2) is 121 Å². The molecule has 0 aliphatic rings. The molecule has 0 aliphatic carbocycles. The third-order valence-corrected chi connectivity index (χ3v) is 17.1. The van der Waals surface area contributed by atoms with Crippen molar-refractivity contribution in [3.8, 4) is 34.1 Å². The van der Waals surface area contributed by atoms with Crippen LogP contribution in [0.4, 0.5) is 0 Å². The quantitative estimate of drug-likeness (QED) is 0.0372. The van der Waals surface area contributed by atoms with Gasteiger partial charge in [0.15, 0.2) is 0 Å². The SMILES string of the molecule is CCCCc1cccc(CCCC)c1OP(Oc1c(CCCC)cccc1CCCC)c1ccc(-c2ccc(P(Oc3c(CCCC)cccc3CCCC)Oc3c(CCCC)cccc3CCCC)cc2)cc1. The molecule has 0 unspecified atom stereocenters. The molecule has 0 aliphatic heterocycles. The molecule has 0 amide bonds. The average Bonchev–Trinajstić information content (AvgIpc) is 3.43. The molecule has 6 heteroatoms. The fourth-order valence-electron chi connectivity index (χ4n) is 9.66. The zero-order valence-electron chi connectivity index (χ0n) is 47.0. The molecule has 0 bridgehead atoms. The van der Waals surface area contributed by atoms with Crippen molar-refractivity contribution in [3.05, 3.63) is 166 Å². The predicted molar refractivity (Wildman–Crippen MR) is 322 cm³/mol. The molecule has 6 aromatic carbocycles. The van der Waals surface area contributed by atoms with Crippen LogP contribution >= 0.6 is 16.8 Å². The maximum atomic E-state index is 7.40. The van der Waals surface area contributed by atoms with Crippen molar-refractivity contribution in [1.29, 1.82) is 0 Å². The van der Waals surface area contributed by atoms with Crippen LogP contribution in [0.3, 0.4) is 0 Å². The first-order chi connectivity index (χ1) is 36.4. The van der Waals surface area contributed by atoms with E-state index in [0.717, 1.165) is 199 Å². The molecule has 6 aromatic rings. The molecule has 0 radical (unpaired) electrons. The Balaban J connectivity index is 1.41. The lowest BCUT2D eigenvalue weighted by molar-refractivity contribution is 0.483. The Morgan fingerprint density at radius 3 is 0.581 bits per heavy atom. The van der Waals surface area contributed by atoms with Gasteiger partial charge in [0.25, 0.3) is 0 Å². The van der Waals surface area contributed by atoms with E-state index < -0.39 is 16.8 Å². The third-order valence-electron chi connectivity index (χ3n) is 14.3. The normalized spacial score (nSPS) is 11.4. The highest BCUT2D eigenvalue weighted by Crippen LogP contribution is 2.48. The minimum absolute atomic E-state index is 0.994. The summed E-state index contributed by atoms with van der Waals surface area (Å²) >= 11 is 0. The fourth-order valence-corrected chi connectivity index (χ4v) is 12.5. The summed E-state index contributed by atoms with van der Waals surface area (Å²) in [4.78, 5) is 0. The maximum Gasteiger partial charge on any atom is 0.326 e. The van der Waals surface area contributed by atoms with Gasteiger partial charge in [0, 0.05) is 0 Å². The molecule has 398 valence electrons. The van der Waals surface area contributed by atoms with E-state index in [-0.39, 0.29) is 0 Å². The molecule has 0 fully saturated rings. The Morgan fingerprint density at radius 1 is 0.243 bits per heavy atom. The molecule has 0 atom stereocenters. The fraction of sp³-hybridized carbons (Fsp3) is 0.471. The van der Waals surface area contributed by atoms with Gasteiger partial charge < -0.3 is 18.1 Å². The van der Waals surface area contributed by atoms with Crippen molar-refractivity contribution in [2.24, 2.45) is 0 Å². The maximum absolute atomic E-state index is 7.40. The van der Waals surface area contributed by atoms with Crippen LogP contribution in [0, 0.1) is 0 Å². The summed E-state index contributed by atoms with van der Waals surface area (Å²) in [5.41, 5.74) is 12.6. The Labute approximate surface area is 452 Å². The van der Waals surface area contributed by atoms with Gasteiger partial charge >= 0.3 is 16.8 Å². The van der Waals surface area contributed by atoms with Crippen LogP contribution in [0.2, 0.25) is 0 Å². The highest BCUT2D eigenvalue weighted by Gasteiger charge is 2.27. The number of hydrogen-bond donors (Lipinski definition) is 0. The van der Waals surface area contributed by atoms with Gasteiger partial charge in [0.05, 0.1) is 10.6 Å². The molecule has 4 nitrogen and oxygen atoms in total. The molecule has 0 N–H and O–H groups in total. The summed E-state index contributed by atoms with van der Waals surface area (Å²) in [6, 6.07) is 45.2. The van der Waals surface area contributed by atoms with Crippen LogP contribution in [-0.2, 0) is 51.4 Å². The number of para-hydroxylation sites is 4. The second kappa shape index (κ2) is 32.7. The van der Waals surface area contributed by atoms with Crippen molar-refractivity contribution in [2.75, 3.05) is 0 Å². The first-order valence-corrected chi connectivity index (χ1v) is 31.7. The lowest BCUT2D eigenvalue weighted by atomic mass is 10.0. The van der Waals surface area contributed by atoms with Crippen LogP contribution in [-0.4, -0.2) is 0 Å². The summed E-state index contributed by atoms with van der Waals surface area (Å²) in [5.74, 6) is 4.10. The lowest BCUT2D eigenvalue weighted by Gasteiger charge is -2.25. The topological polar surface area (TPSA) is 36.9 Å². The van der Waals surface area contributed by atoms with Gasteiger partial charge in [-0.3, -0.25) is 0 Å². The molecule has 0 heterocycles. The van der Waals surface area contributed by atoms with Gasteiger partial charge in [0.1, 0.15) is 23.0 Å². The van der Waals surface area contributed by atoms with Gasteiger partial charge in [0.2, 0.25) is 0 Å². The van der Waals surface area contributed by atoms with Crippen LogP contribution in [0.5, 0.6) is 23.0 Å². The summed E-state index contributed by atoms with van der Waals surface area (Å²) in [6.45, 7) is 18.2. The monoisotopic (exact) mass is 1030 g/mol. The summed E-state index contributed by atoms with van der Waals surface area (Å²) in [6.07, 6.45) is 26.1. The summed E-state index contributed by atoms with van der Waals surface area (Å²) in [7, 11) is -3.07. The largest absolute Gasteiger partial charge is 0.435 e. The van der Waals surface area contributed by atoms with E-state index in [4.69, 9.17) is 18.1 Å². The molecular weight excluding hydrogens is 943 g/mol. The Kier molecular flexibility index (Phi) is 25.9. The first-order valence-electron chi connectivity index (χ1n) is 29.3. The van der Waals surface area contributed by atoms with E-state index in [1.807, 2.05) is 0 Å². The number of aryl methyl sites for hydroxylation is 8. The predicted octanol–water partition coefficient (Wildman–Crippen LogP) is 20.3.